The van der Waals surface area contributed by atoms with Gasteiger partial charge >= 0.3 is 0 Å². The average Bonchev–Trinajstić information content (AvgIpc) is 2.45. The zero-order chi connectivity index (χ0) is 16.4. The molecule has 0 heterocycles. The number of benzene rings is 2. The Morgan fingerprint density at radius 2 is 1.59 bits per heavy atom. The van der Waals surface area contributed by atoms with Crippen molar-refractivity contribution < 1.29 is 8.42 Å². The van der Waals surface area contributed by atoms with Crippen LogP contribution in [0, 0.1) is 6.92 Å². The quantitative estimate of drug-likeness (QED) is 0.820. The van der Waals surface area contributed by atoms with Crippen LogP contribution >= 0.6 is 0 Å². The zero-order valence-corrected chi connectivity index (χ0v) is 14.3. The first-order valence-corrected chi connectivity index (χ1v) is 8.84. The van der Waals surface area contributed by atoms with E-state index in [2.05, 4.69) is 20.8 Å². The zero-order valence-electron chi connectivity index (χ0n) is 13.5. The van der Waals surface area contributed by atoms with E-state index in [4.69, 9.17) is 0 Å². The van der Waals surface area contributed by atoms with Crippen molar-refractivity contribution in [2.75, 3.05) is 0 Å². The van der Waals surface area contributed by atoms with Gasteiger partial charge in [0.15, 0.2) is 9.84 Å². The van der Waals surface area contributed by atoms with Gasteiger partial charge in [0.1, 0.15) is 0 Å². The van der Waals surface area contributed by atoms with Crippen LogP contribution in [0.5, 0.6) is 0 Å². The Hall–Kier alpha value is -1.87. The SMILES string of the molecule is Cc1cc(C(C)(C)C)ccc1S(=O)(=O)/C=C/c1ccccc1. The monoisotopic (exact) mass is 314 g/mol. The Labute approximate surface area is 133 Å². The number of rotatable bonds is 3. The highest BCUT2D eigenvalue weighted by Crippen LogP contribution is 2.27. The van der Waals surface area contributed by atoms with E-state index < -0.39 is 9.84 Å². The first-order chi connectivity index (χ1) is 10.2. The molecule has 0 amide bonds. The summed E-state index contributed by atoms with van der Waals surface area (Å²) in [6, 6.07) is 15.0. The third-order valence-electron chi connectivity index (χ3n) is 3.59. The Balaban J connectivity index is 2.36. The molecule has 0 N–H and O–H groups in total. The lowest BCUT2D eigenvalue weighted by molar-refractivity contribution is 0.587. The van der Waals surface area contributed by atoms with E-state index in [9.17, 15) is 8.42 Å². The predicted octanol–water partition coefficient (Wildman–Crippen LogP) is 4.74. The van der Waals surface area contributed by atoms with Crippen molar-refractivity contribution in [1.29, 1.82) is 0 Å². The third kappa shape index (κ3) is 3.86. The molecular formula is C19H22O2S. The molecule has 2 nitrogen and oxygen atoms in total. The van der Waals surface area contributed by atoms with Crippen LogP contribution in [-0.4, -0.2) is 8.42 Å². The van der Waals surface area contributed by atoms with E-state index in [-0.39, 0.29) is 5.41 Å². The Morgan fingerprint density at radius 3 is 2.14 bits per heavy atom. The van der Waals surface area contributed by atoms with Crippen molar-refractivity contribution in [3.05, 3.63) is 70.6 Å². The molecule has 0 spiro atoms. The first kappa shape index (κ1) is 16.5. The van der Waals surface area contributed by atoms with Gasteiger partial charge < -0.3 is 0 Å². The topological polar surface area (TPSA) is 34.1 Å². The minimum atomic E-state index is -3.43. The highest BCUT2D eigenvalue weighted by Gasteiger charge is 2.18. The maximum Gasteiger partial charge on any atom is 0.200 e. The lowest BCUT2D eigenvalue weighted by Gasteiger charge is -2.20. The van der Waals surface area contributed by atoms with E-state index in [0.29, 0.717) is 4.90 Å². The summed E-state index contributed by atoms with van der Waals surface area (Å²) in [5, 5.41) is 1.28. The minimum absolute atomic E-state index is 0.00687. The summed E-state index contributed by atoms with van der Waals surface area (Å²) in [6.07, 6.45) is 1.63. The summed E-state index contributed by atoms with van der Waals surface area (Å²) < 4.78 is 25.0. The van der Waals surface area contributed by atoms with Crippen molar-refractivity contribution in [3.8, 4) is 0 Å². The second-order valence-corrected chi connectivity index (χ2v) is 8.29. The molecule has 2 rings (SSSR count). The van der Waals surface area contributed by atoms with Gasteiger partial charge in [-0.1, -0.05) is 63.2 Å². The van der Waals surface area contributed by atoms with Crippen molar-refractivity contribution in [3.63, 3.8) is 0 Å². The van der Waals surface area contributed by atoms with Crippen LogP contribution in [0.15, 0.2) is 58.8 Å². The molecule has 0 fully saturated rings. The first-order valence-electron chi connectivity index (χ1n) is 7.29. The molecule has 0 aliphatic heterocycles. The standard InChI is InChI=1S/C19H22O2S/c1-15-14-17(19(2,3)4)10-11-18(15)22(20,21)13-12-16-8-6-5-7-9-16/h5-14H,1-4H3/b13-12+. The van der Waals surface area contributed by atoms with Gasteiger partial charge in [0.2, 0.25) is 0 Å². The van der Waals surface area contributed by atoms with Crippen LogP contribution < -0.4 is 0 Å². The molecule has 22 heavy (non-hydrogen) atoms. The average molecular weight is 314 g/mol. The highest BCUT2D eigenvalue weighted by molar-refractivity contribution is 7.94. The van der Waals surface area contributed by atoms with Gasteiger partial charge in [0.25, 0.3) is 0 Å². The van der Waals surface area contributed by atoms with Gasteiger partial charge in [-0.25, -0.2) is 8.42 Å². The van der Waals surface area contributed by atoms with Crippen molar-refractivity contribution in [1.82, 2.24) is 0 Å². The third-order valence-corrected chi connectivity index (χ3v) is 5.15. The lowest BCUT2D eigenvalue weighted by Crippen LogP contribution is -2.12. The van der Waals surface area contributed by atoms with Crippen LogP contribution in [0.3, 0.4) is 0 Å². The minimum Gasteiger partial charge on any atom is -0.219 e. The molecule has 0 saturated heterocycles. The fraction of sp³-hybridized carbons (Fsp3) is 0.263. The molecule has 3 heteroatoms. The molecule has 0 bridgehead atoms. The molecule has 0 atom stereocenters. The molecule has 0 aliphatic carbocycles. The number of aryl methyl sites for hydroxylation is 1. The van der Waals surface area contributed by atoms with Crippen LogP contribution in [0.25, 0.3) is 6.08 Å². The molecule has 0 aliphatic rings. The van der Waals surface area contributed by atoms with Gasteiger partial charge in [-0.3, -0.25) is 0 Å². The largest absolute Gasteiger partial charge is 0.219 e. The van der Waals surface area contributed by atoms with Gasteiger partial charge in [-0.2, -0.15) is 0 Å². The van der Waals surface area contributed by atoms with Crippen LogP contribution in [0.1, 0.15) is 37.5 Å². The molecule has 0 unspecified atom stereocenters. The van der Waals surface area contributed by atoms with Crippen molar-refractivity contribution in [2.45, 2.75) is 38.0 Å². The predicted molar refractivity (Wildman–Crippen MR) is 92.5 cm³/mol. The lowest BCUT2D eigenvalue weighted by atomic mass is 9.86. The van der Waals surface area contributed by atoms with Crippen molar-refractivity contribution >= 4 is 15.9 Å². The van der Waals surface area contributed by atoms with Gasteiger partial charge in [0.05, 0.1) is 4.90 Å². The van der Waals surface area contributed by atoms with Gasteiger partial charge in [-0.05, 0) is 41.2 Å². The van der Waals surface area contributed by atoms with Crippen molar-refractivity contribution in [2.24, 2.45) is 0 Å². The Kier molecular flexibility index (Phi) is 4.57. The van der Waals surface area contributed by atoms with Crippen LogP contribution in [0.4, 0.5) is 0 Å². The summed E-state index contributed by atoms with van der Waals surface area (Å²) in [4.78, 5) is 0.368. The molecule has 0 aromatic heterocycles. The smallest absolute Gasteiger partial charge is 0.200 e. The van der Waals surface area contributed by atoms with Gasteiger partial charge in [0, 0.05) is 5.41 Å². The molecule has 2 aromatic carbocycles. The second-order valence-electron chi connectivity index (χ2n) is 6.49. The summed E-state index contributed by atoms with van der Waals surface area (Å²) in [7, 11) is -3.43. The maximum atomic E-state index is 12.5. The van der Waals surface area contributed by atoms with E-state index >= 15 is 0 Å². The molecule has 0 saturated carbocycles. The fourth-order valence-corrected chi connectivity index (χ4v) is 3.49. The number of sulfone groups is 1. The molecular weight excluding hydrogens is 292 g/mol. The summed E-state index contributed by atoms with van der Waals surface area (Å²) in [5.74, 6) is 0. The van der Waals surface area contributed by atoms with E-state index in [0.717, 1.165) is 16.7 Å². The normalized spacial score (nSPS) is 12.7. The maximum absolute atomic E-state index is 12.5. The summed E-state index contributed by atoms with van der Waals surface area (Å²) in [6.45, 7) is 8.19. The van der Waals surface area contributed by atoms with Crippen LogP contribution in [-0.2, 0) is 15.3 Å². The Morgan fingerprint density at radius 1 is 0.955 bits per heavy atom. The van der Waals surface area contributed by atoms with E-state index in [1.807, 2.05) is 49.4 Å². The number of hydrogen-bond donors (Lipinski definition) is 0. The highest BCUT2D eigenvalue weighted by atomic mass is 32.2. The fourth-order valence-electron chi connectivity index (χ4n) is 2.24. The van der Waals surface area contributed by atoms with Crippen LogP contribution in [0.2, 0.25) is 0 Å². The van der Waals surface area contributed by atoms with Gasteiger partial charge in [-0.15, -0.1) is 0 Å². The van der Waals surface area contributed by atoms with E-state index in [1.165, 1.54) is 5.41 Å². The number of hydrogen-bond acceptors (Lipinski definition) is 2. The summed E-state index contributed by atoms with van der Waals surface area (Å²) >= 11 is 0. The van der Waals surface area contributed by atoms with E-state index in [1.54, 1.807) is 12.1 Å². The molecule has 0 radical (unpaired) electrons. The summed E-state index contributed by atoms with van der Waals surface area (Å²) in [5.41, 5.74) is 2.79. The Bertz CT molecular complexity index is 780. The second kappa shape index (κ2) is 6.09. The molecule has 2 aromatic rings. The molecule has 116 valence electrons.